The van der Waals surface area contributed by atoms with E-state index >= 15 is 0 Å². The molecule has 1 heterocycles. The second-order valence-corrected chi connectivity index (χ2v) is 6.54. The number of aryl methyl sites for hydroxylation is 1. The Morgan fingerprint density at radius 1 is 1.22 bits per heavy atom. The third-order valence-corrected chi connectivity index (χ3v) is 3.06. The number of amides is 2. The molecule has 0 saturated carbocycles. The summed E-state index contributed by atoms with van der Waals surface area (Å²) in [5, 5.41) is 4.16. The molecule has 0 aliphatic heterocycles. The Balaban J connectivity index is 0.000000313. The van der Waals surface area contributed by atoms with Gasteiger partial charge < -0.3 is 10.5 Å². The van der Waals surface area contributed by atoms with Gasteiger partial charge in [-0.3, -0.25) is 10.1 Å². The van der Waals surface area contributed by atoms with Gasteiger partial charge >= 0.3 is 6.09 Å². The molecule has 0 bridgehead atoms. The van der Waals surface area contributed by atoms with Crippen LogP contribution in [0.3, 0.4) is 0 Å². The predicted octanol–water partition coefficient (Wildman–Crippen LogP) is 3.58. The number of primary amides is 1. The molecule has 0 saturated heterocycles. The van der Waals surface area contributed by atoms with Crippen molar-refractivity contribution in [3.05, 3.63) is 47.0 Å². The number of carbonyl (C=O) groups is 2. The molecule has 6 nitrogen and oxygen atoms in total. The quantitative estimate of drug-likeness (QED) is 0.877. The van der Waals surface area contributed by atoms with Gasteiger partial charge in [-0.25, -0.2) is 9.78 Å². The summed E-state index contributed by atoms with van der Waals surface area (Å²) in [6, 6.07) is 10.3. The summed E-state index contributed by atoms with van der Waals surface area (Å²) in [4.78, 5) is 25.9. The maximum Gasteiger partial charge on any atom is 0.413 e. The van der Waals surface area contributed by atoms with Crippen molar-refractivity contribution in [3.8, 4) is 0 Å². The standard InChI is InChI=1S/C9H13N3O3S.C7H8/c1-9(2,3)15-8(14)12-7-11-5(4-16-7)6(10)13;1-7-5-3-2-4-6-7/h4H,1-3H3,(H2,10,13)(H,11,12,14);2-6H,1H3. The Morgan fingerprint density at radius 3 is 2.22 bits per heavy atom. The zero-order chi connectivity index (χ0) is 17.5. The average Bonchev–Trinajstić information content (AvgIpc) is 2.86. The molecule has 23 heavy (non-hydrogen) atoms. The molecule has 2 rings (SSSR count). The van der Waals surface area contributed by atoms with E-state index in [-0.39, 0.29) is 10.8 Å². The van der Waals surface area contributed by atoms with Crippen molar-refractivity contribution in [2.24, 2.45) is 5.73 Å². The zero-order valence-electron chi connectivity index (χ0n) is 13.6. The van der Waals surface area contributed by atoms with Crippen LogP contribution in [0.1, 0.15) is 36.8 Å². The fraction of sp³-hybridized carbons (Fsp3) is 0.312. The SMILES string of the molecule is CC(C)(C)OC(=O)Nc1nc(C(N)=O)cs1.Cc1ccccc1. The number of benzene rings is 1. The van der Waals surface area contributed by atoms with E-state index in [1.54, 1.807) is 20.8 Å². The first kappa shape index (κ1) is 18.6. The van der Waals surface area contributed by atoms with Gasteiger partial charge in [-0.2, -0.15) is 0 Å². The Morgan fingerprint density at radius 2 is 1.83 bits per heavy atom. The Hall–Kier alpha value is -2.41. The van der Waals surface area contributed by atoms with Crippen LogP contribution < -0.4 is 11.1 Å². The molecule has 3 N–H and O–H groups in total. The van der Waals surface area contributed by atoms with Crippen LogP contribution in [0.2, 0.25) is 0 Å². The highest BCUT2D eigenvalue weighted by atomic mass is 32.1. The minimum absolute atomic E-state index is 0.121. The van der Waals surface area contributed by atoms with Crippen LogP contribution in [0.25, 0.3) is 0 Å². The summed E-state index contributed by atoms with van der Waals surface area (Å²) >= 11 is 1.11. The van der Waals surface area contributed by atoms with Crippen molar-refractivity contribution in [2.75, 3.05) is 5.32 Å². The molecule has 2 amide bonds. The van der Waals surface area contributed by atoms with Gasteiger partial charge in [-0.05, 0) is 27.7 Å². The van der Waals surface area contributed by atoms with Crippen molar-refractivity contribution in [3.63, 3.8) is 0 Å². The molecule has 124 valence electrons. The van der Waals surface area contributed by atoms with Gasteiger partial charge in [0.05, 0.1) is 0 Å². The molecule has 1 aromatic carbocycles. The summed E-state index contributed by atoms with van der Waals surface area (Å²) in [7, 11) is 0. The van der Waals surface area contributed by atoms with Crippen LogP contribution in [-0.4, -0.2) is 22.6 Å². The molecule has 7 heteroatoms. The molecule has 2 aromatic rings. The smallest absolute Gasteiger partial charge is 0.413 e. The number of aromatic nitrogens is 1. The van der Waals surface area contributed by atoms with Crippen molar-refractivity contribution in [1.82, 2.24) is 4.98 Å². The third kappa shape index (κ3) is 7.96. The van der Waals surface area contributed by atoms with E-state index in [1.165, 1.54) is 10.9 Å². The van der Waals surface area contributed by atoms with Crippen molar-refractivity contribution >= 4 is 28.5 Å². The van der Waals surface area contributed by atoms with Crippen LogP contribution in [0.5, 0.6) is 0 Å². The lowest BCUT2D eigenvalue weighted by molar-refractivity contribution is 0.0635. The van der Waals surface area contributed by atoms with E-state index in [2.05, 4.69) is 29.4 Å². The fourth-order valence-electron chi connectivity index (χ4n) is 1.37. The van der Waals surface area contributed by atoms with Gasteiger partial charge in [-0.1, -0.05) is 35.9 Å². The Bertz CT molecular complexity index is 648. The van der Waals surface area contributed by atoms with Gasteiger partial charge in [0, 0.05) is 5.38 Å². The normalized spacial score (nSPS) is 10.3. The molecule has 0 radical (unpaired) electrons. The number of anilines is 1. The second-order valence-electron chi connectivity index (χ2n) is 5.68. The maximum absolute atomic E-state index is 11.3. The molecule has 0 aliphatic carbocycles. The summed E-state index contributed by atoms with van der Waals surface area (Å²) in [5.74, 6) is -0.631. The van der Waals surface area contributed by atoms with E-state index in [0.29, 0.717) is 0 Å². The summed E-state index contributed by atoms with van der Waals surface area (Å²) in [6.07, 6.45) is -0.613. The number of hydrogen-bond donors (Lipinski definition) is 2. The number of hydrogen-bond acceptors (Lipinski definition) is 5. The van der Waals surface area contributed by atoms with Crippen LogP contribution in [-0.2, 0) is 4.74 Å². The molecule has 1 aromatic heterocycles. The lowest BCUT2D eigenvalue weighted by atomic mass is 10.2. The second kappa shape index (κ2) is 8.28. The number of nitrogens with zero attached hydrogens (tertiary/aromatic N) is 1. The number of nitrogens with two attached hydrogens (primary N) is 1. The Labute approximate surface area is 139 Å². The molecular formula is C16H21N3O3S. The summed E-state index contributed by atoms with van der Waals surface area (Å²) in [5.41, 5.74) is 5.89. The molecule has 0 fully saturated rings. The summed E-state index contributed by atoms with van der Waals surface area (Å²) < 4.78 is 5.01. The number of nitrogens with one attached hydrogen (secondary N) is 1. The first-order valence-corrected chi connectivity index (χ1v) is 7.82. The molecule has 0 spiro atoms. The monoisotopic (exact) mass is 335 g/mol. The van der Waals surface area contributed by atoms with Gasteiger partial charge in [0.2, 0.25) is 0 Å². The van der Waals surface area contributed by atoms with Crippen LogP contribution >= 0.6 is 11.3 Å². The first-order chi connectivity index (χ1) is 10.7. The Kier molecular flexibility index (Phi) is 6.71. The van der Waals surface area contributed by atoms with Crippen molar-refractivity contribution < 1.29 is 14.3 Å². The number of rotatable bonds is 2. The maximum atomic E-state index is 11.3. The highest BCUT2D eigenvalue weighted by Crippen LogP contribution is 2.16. The molecule has 0 unspecified atom stereocenters. The highest BCUT2D eigenvalue weighted by Gasteiger charge is 2.17. The van der Waals surface area contributed by atoms with E-state index in [1.807, 2.05) is 18.2 Å². The third-order valence-electron chi connectivity index (χ3n) is 2.30. The summed E-state index contributed by atoms with van der Waals surface area (Å²) in [6.45, 7) is 7.34. The predicted molar refractivity (Wildman–Crippen MR) is 91.7 cm³/mol. The van der Waals surface area contributed by atoms with E-state index in [0.717, 1.165) is 11.3 Å². The van der Waals surface area contributed by atoms with Crippen molar-refractivity contribution in [1.29, 1.82) is 0 Å². The number of carbonyl (C=O) groups excluding carboxylic acids is 2. The minimum atomic E-state index is -0.631. The number of thiazole rings is 1. The minimum Gasteiger partial charge on any atom is -0.444 e. The highest BCUT2D eigenvalue weighted by molar-refractivity contribution is 7.14. The molecular weight excluding hydrogens is 314 g/mol. The topological polar surface area (TPSA) is 94.3 Å². The van der Waals surface area contributed by atoms with Crippen LogP contribution in [0.4, 0.5) is 9.93 Å². The zero-order valence-corrected chi connectivity index (χ0v) is 14.4. The van der Waals surface area contributed by atoms with E-state index < -0.39 is 17.6 Å². The van der Waals surface area contributed by atoms with Gasteiger partial charge in [0.25, 0.3) is 5.91 Å². The fourth-order valence-corrected chi connectivity index (χ4v) is 2.06. The van der Waals surface area contributed by atoms with Gasteiger partial charge in [0.15, 0.2) is 5.13 Å². The van der Waals surface area contributed by atoms with Crippen LogP contribution in [0, 0.1) is 6.92 Å². The molecule has 0 atom stereocenters. The molecule has 0 aliphatic rings. The van der Waals surface area contributed by atoms with Crippen molar-refractivity contribution in [2.45, 2.75) is 33.3 Å². The lowest BCUT2D eigenvalue weighted by Crippen LogP contribution is -2.27. The van der Waals surface area contributed by atoms with Crippen LogP contribution in [0.15, 0.2) is 35.7 Å². The largest absolute Gasteiger partial charge is 0.444 e. The number of ether oxygens (including phenoxy) is 1. The first-order valence-electron chi connectivity index (χ1n) is 6.94. The van der Waals surface area contributed by atoms with Gasteiger partial charge in [-0.15, -0.1) is 11.3 Å². The van der Waals surface area contributed by atoms with E-state index in [4.69, 9.17) is 10.5 Å². The van der Waals surface area contributed by atoms with E-state index in [9.17, 15) is 9.59 Å². The average molecular weight is 335 g/mol. The van der Waals surface area contributed by atoms with Gasteiger partial charge in [0.1, 0.15) is 11.3 Å². The lowest BCUT2D eigenvalue weighted by Gasteiger charge is -2.18.